The number of carbonyl (C=O) groups excluding carboxylic acids is 3. The fourth-order valence-electron chi connectivity index (χ4n) is 5.36. The first kappa shape index (κ1) is 36.0. The number of ether oxygens (including phenoxy) is 2. The molecular weight excluding hydrogens is 626 g/mol. The topological polar surface area (TPSA) is 146 Å². The Balaban J connectivity index is 1.63. The Bertz CT molecular complexity index is 1680. The summed E-state index contributed by atoms with van der Waals surface area (Å²) in [5, 5.41) is 22.6. The van der Waals surface area contributed by atoms with Crippen LogP contribution in [-0.2, 0) is 45.0 Å². The number of amides is 3. The number of aromatic hydroxyl groups is 1. The zero-order chi connectivity index (χ0) is 35.3. The number of methoxy groups -OCH3 is 1. The molecule has 0 aliphatic heterocycles. The van der Waals surface area contributed by atoms with Gasteiger partial charge in [0.15, 0.2) is 0 Å². The average molecular weight is 668 g/mol. The number of likely N-dealkylation sites (N-methyl/N-ethyl adjacent to an activating group) is 2. The molecule has 4 aromatic rings. The van der Waals surface area contributed by atoms with Gasteiger partial charge in [0.2, 0.25) is 11.8 Å². The van der Waals surface area contributed by atoms with E-state index in [2.05, 4.69) is 5.32 Å². The van der Waals surface area contributed by atoms with E-state index in [4.69, 9.17) is 9.47 Å². The van der Waals surface area contributed by atoms with Gasteiger partial charge in [0.1, 0.15) is 36.2 Å². The summed E-state index contributed by atoms with van der Waals surface area (Å²) in [6, 6.07) is 27.7. The van der Waals surface area contributed by atoms with Crippen LogP contribution in [0.25, 0.3) is 0 Å². The first-order valence-corrected chi connectivity index (χ1v) is 15.7. The molecule has 0 aliphatic rings. The van der Waals surface area contributed by atoms with Crippen LogP contribution in [0.3, 0.4) is 0 Å². The molecule has 0 saturated heterocycles. The van der Waals surface area contributed by atoms with E-state index in [9.17, 15) is 29.4 Å². The van der Waals surface area contributed by atoms with E-state index in [1.54, 1.807) is 72.8 Å². The van der Waals surface area contributed by atoms with Crippen LogP contribution in [0.5, 0.6) is 11.5 Å². The minimum Gasteiger partial charge on any atom is -0.508 e. The highest BCUT2D eigenvalue weighted by Gasteiger charge is 2.37. The Morgan fingerprint density at radius 1 is 0.653 bits per heavy atom. The van der Waals surface area contributed by atoms with Gasteiger partial charge in [-0.2, -0.15) is 0 Å². The molecule has 3 amide bonds. The molecule has 3 atom stereocenters. The molecule has 0 aromatic heterocycles. The van der Waals surface area contributed by atoms with Crippen molar-refractivity contribution in [3.05, 3.63) is 131 Å². The van der Waals surface area contributed by atoms with E-state index in [1.165, 1.54) is 38.2 Å². The molecular formula is C38H41N3O8. The maximum absolute atomic E-state index is 14.3. The second kappa shape index (κ2) is 17.4. The van der Waals surface area contributed by atoms with Crippen molar-refractivity contribution in [2.24, 2.45) is 0 Å². The Hall–Kier alpha value is -5.84. The van der Waals surface area contributed by atoms with Gasteiger partial charge in [0.25, 0.3) is 0 Å². The molecule has 0 spiro atoms. The summed E-state index contributed by atoms with van der Waals surface area (Å²) in [5.41, 5.74) is 2.83. The van der Waals surface area contributed by atoms with Crippen molar-refractivity contribution >= 4 is 23.9 Å². The molecule has 0 aliphatic carbocycles. The van der Waals surface area contributed by atoms with Gasteiger partial charge in [-0.1, -0.05) is 84.9 Å². The molecule has 0 heterocycles. The van der Waals surface area contributed by atoms with Crippen molar-refractivity contribution in [1.29, 1.82) is 0 Å². The predicted octanol–water partition coefficient (Wildman–Crippen LogP) is 4.46. The molecule has 11 heteroatoms. The summed E-state index contributed by atoms with van der Waals surface area (Å²) in [6.07, 6.45) is -0.700. The van der Waals surface area contributed by atoms with Crippen LogP contribution in [0.1, 0.15) is 22.3 Å². The van der Waals surface area contributed by atoms with E-state index in [0.29, 0.717) is 16.9 Å². The van der Waals surface area contributed by atoms with Gasteiger partial charge >= 0.3 is 12.1 Å². The summed E-state index contributed by atoms with van der Waals surface area (Å²) in [7, 11) is 4.40. The number of carboxylic acids is 1. The maximum Gasteiger partial charge on any atom is 0.408 e. The number of phenolic OH excluding ortho intramolecular Hbond substituents is 1. The summed E-state index contributed by atoms with van der Waals surface area (Å²) in [4.78, 5) is 56.4. The van der Waals surface area contributed by atoms with Gasteiger partial charge in [0, 0.05) is 33.4 Å². The quantitative estimate of drug-likeness (QED) is 0.169. The van der Waals surface area contributed by atoms with Crippen molar-refractivity contribution in [2.75, 3.05) is 21.2 Å². The molecule has 0 unspecified atom stereocenters. The van der Waals surface area contributed by atoms with Crippen LogP contribution in [0, 0.1) is 0 Å². The highest BCUT2D eigenvalue weighted by Crippen LogP contribution is 2.20. The zero-order valence-electron chi connectivity index (χ0n) is 27.7. The number of rotatable bonds is 15. The summed E-state index contributed by atoms with van der Waals surface area (Å²) >= 11 is 0. The number of benzene rings is 4. The Morgan fingerprint density at radius 2 is 1.14 bits per heavy atom. The predicted molar refractivity (Wildman–Crippen MR) is 183 cm³/mol. The SMILES string of the molecule is COc1ccc(C[C@@H](C(=O)N(C)[C@@H](Cc2ccccc2)C(=O)O)N(C)C(=O)[C@@H](Cc2ccc(O)cc2)NC(=O)OCc2ccccc2)cc1. The van der Waals surface area contributed by atoms with Crippen LogP contribution in [-0.4, -0.2) is 83.2 Å². The normalized spacial score (nSPS) is 12.6. The number of nitrogens with one attached hydrogen (secondary N) is 1. The van der Waals surface area contributed by atoms with Gasteiger partial charge < -0.3 is 34.8 Å². The van der Waals surface area contributed by atoms with Crippen molar-refractivity contribution in [1.82, 2.24) is 15.1 Å². The monoisotopic (exact) mass is 667 g/mol. The lowest BCUT2D eigenvalue weighted by molar-refractivity contribution is -0.153. The average Bonchev–Trinajstić information content (AvgIpc) is 3.12. The summed E-state index contributed by atoms with van der Waals surface area (Å²) < 4.78 is 10.7. The third-order valence-electron chi connectivity index (χ3n) is 8.24. The molecule has 49 heavy (non-hydrogen) atoms. The van der Waals surface area contributed by atoms with E-state index in [-0.39, 0.29) is 31.6 Å². The number of alkyl carbamates (subject to hydrolysis) is 1. The first-order valence-electron chi connectivity index (χ1n) is 15.7. The summed E-state index contributed by atoms with van der Waals surface area (Å²) in [6.45, 7) is -0.0238. The Labute approximate surface area is 285 Å². The van der Waals surface area contributed by atoms with Gasteiger partial charge in [-0.25, -0.2) is 9.59 Å². The van der Waals surface area contributed by atoms with Crippen molar-refractivity contribution in [2.45, 2.75) is 44.0 Å². The van der Waals surface area contributed by atoms with Gasteiger partial charge in [-0.15, -0.1) is 0 Å². The number of hydrogen-bond donors (Lipinski definition) is 3. The molecule has 11 nitrogen and oxygen atoms in total. The fraction of sp³-hybridized carbons (Fsp3) is 0.263. The smallest absolute Gasteiger partial charge is 0.408 e. The van der Waals surface area contributed by atoms with E-state index < -0.39 is 42.0 Å². The van der Waals surface area contributed by atoms with Crippen LogP contribution in [0.4, 0.5) is 4.79 Å². The lowest BCUT2D eigenvalue weighted by Gasteiger charge is -2.35. The van der Waals surface area contributed by atoms with E-state index in [1.807, 2.05) is 24.3 Å². The van der Waals surface area contributed by atoms with Crippen molar-refractivity contribution in [3.63, 3.8) is 0 Å². The summed E-state index contributed by atoms with van der Waals surface area (Å²) in [5.74, 6) is -1.74. The lowest BCUT2D eigenvalue weighted by atomic mass is 9.99. The van der Waals surface area contributed by atoms with Crippen LogP contribution in [0.15, 0.2) is 109 Å². The molecule has 0 bridgehead atoms. The second-order valence-electron chi connectivity index (χ2n) is 11.6. The second-order valence-corrected chi connectivity index (χ2v) is 11.6. The standard InChI is InChI=1S/C38H41N3O8/c1-40(35(43)32(22-27-14-18-30(42)19-15-27)39-38(47)49-25-29-12-8-5-9-13-29)33(23-28-16-20-31(48-3)21-17-28)36(44)41(2)34(37(45)46)24-26-10-6-4-7-11-26/h4-21,32-34,42H,22-25H2,1-3H3,(H,39,47)(H,45,46)/t32-,33+,34+/m1/s1. The number of carboxylic acid groups (broad SMARTS) is 1. The number of phenols is 1. The third kappa shape index (κ3) is 10.3. The van der Waals surface area contributed by atoms with Crippen LogP contribution >= 0.6 is 0 Å². The molecule has 3 N–H and O–H groups in total. The molecule has 0 fully saturated rings. The highest BCUT2D eigenvalue weighted by atomic mass is 16.5. The molecule has 256 valence electrons. The number of carbonyl (C=O) groups is 4. The Morgan fingerprint density at radius 3 is 1.71 bits per heavy atom. The fourth-order valence-corrected chi connectivity index (χ4v) is 5.36. The molecule has 0 saturated carbocycles. The molecule has 4 aromatic carbocycles. The maximum atomic E-state index is 14.3. The highest BCUT2D eigenvalue weighted by molar-refractivity contribution is 5.93. The third-order valence-corrected chi connectivity index (χ3v) is 8.24. The minimum atomic E-state index is -1.21. The van der Waals surface area contributed by atoms with Crippen LogP contribution < -0.4 is 10.1 Å². The number of nitrogens with zero attached hydrogens (tertiary/aromatic N) is 2. The lowest BCUT2D eigenvalue weighted by Crippen LogP contribution is -2.58. The Kier molecular flexibility index (Phi) is 12.7. The first-order chi connectivity index (χ1) is 23.5. The zero-order valence-corrected chi connectivity index (χ0v) is 27.7. The van der Waals surface area contributed by atoms with Gasteiger partial charge in [0.05, 0.1) is 7.11 Å². The number of aliphatic carboxylic acids is 1. The van der Waals surface area contributed by atoms with Crippen molar-refractivity contribution in [3.8, 4) is 11.5 Å². The largest absolute Gasteiger partial charge is 0.508 e. The van der Waals surface area contributed by atoms with Gasteiger partial charge in [-0.3, -0.25) is 9.59 Å². The van der Waals surface area contributed by atoms with Gasteiger partial charge in [-0.05, 0) is 46.5 Å². The van der Waals surface area contributed by atoms with E-state index in [0.717, 1.165) is 16.0 Å². The minimum absolute atomic E-state index is 0.0228. The van der Waals surface area contributed by atoms with Crippen molar-refractivity contribution < 1.29 is 38.9 Å². The molecule has 0 radical (unpaired) electrons. The molecule has 4 rings (SSSR count). The van der Waals surface area contributed by atoms with E-state index >= 15 is 0 Å². The number of hydrogen-bond acceptors (Lipinski definition) is 7. The van der Waals surface area contributed by atoms with Crippen LogP contribution in [0.2, 0.25) is 0 Å².